The Balaban J connectivity index is 0.000000487. The number of carbonyl (C=O) groups is 2. The smallest absolute Gasteiger partial charge is 0.414 e. The Morgan fingerprint density at radius 3 is 2.00 bits per heavy atom. The number of benzene rings is 2. The molecular formula is C19H23NO6. The number of carboxylic acid groups (broad SMARTS) is 2. The molecule has 0 aliphatic rings. The van der Waals surface area contributed by atoms with Gasteiger partial charge in [0.05, 0.1) is 14.2 Å². The lowest BCUT2D eigenvalue weighted by molar-refractivity contribution is -0.159. The van der Waals surface area contributed by atoms with Crippen LogP contribution >= 0.6 is 0 Å². The number of carboxylic acids is 2. The standard InChI is InChI=1S/C17H21NO2.C2H2O4/c1-12-5-7-15(9-13(12)2)18-11-14-6-8-16(19-3)17(10-14)20-4;3-1(4)2(5)6/h5-10,18H,11H2,1-4H3;(H,3,4)(H,5,6). The average molecular weight is 361 g/mol. The zero-order valence-corrected chi connectivity index (χ0v) is 15.2. The Hall–Kier alpha value is -3.22. The van der Waals surface area contributed by atoms with Gasteiger partial charge in [-0.2, -0.15) is 0 Å². The molecule has 0 bridgehead atoms. The fourth-order valence-electron chi connectivity index (χ4n) is 2.05. The summed E-state index contributed by atoms with van der Waals surface area (Å²) in [5.41, 5.74) is 4.88. The highest BCUT2D eigenvalue weighted by molar-refractivity contribution is 6.27. The van der Waals surface area contributed by atoms with Crippen LogP contribution in [-0.4, -0.2) is 36.4 Å². The van der Waals surface area contributed by atoms with Crippen molar-refractivity contribution in [1.82, 2.24) is 0 Å². The number of aliphatic carboxylic acids is 2. The number of anilines is 1. The molecule has 0 amide bonds. The molecule has 3 N–H and O–H groups in total. The first-order valence-electron chi connectivity index (χ1n) is 7.76. The molecule has 7 heteroatoms. The number of hydrogen-bond acceptors (Lipinski definition) is 5. The second kappa shape index (κ2) is 9.93. The van der Waals surface area contributed by atoms with Crippen molar-refractivity contribution in [1.29, 1.82) is 0 Å². The largest absolute Gasteiger partial charge is 0.493 e. The second-order valence-electron chi connectivity index (χ2n) is 5.45. The minimum atomic E-state index is -1.82. The average Bonchev–Trinajstić information content (AvgIpc) is 2.62. The Labute approximate surface area is 152 Å². The molecule has 0 atom stereocenters. The minimum Gasteiger partial charge on any atom is -0.493 e. The molecule has 0 saturated heterocycles. The molecule has 0 saturated carbocycles. The van der Waals surface area contributed by atoms with Crippen molar-refractivity contribution in [3.63, 3.8) is 0 Å². The monoisotopic (exact) mass is 361 g/mol. The molecule has 0 aromatic heterocycles. The maximum Gasteiger partial charge on any atom is 0.414 e. The van der Waals surface area contributed by atoms with Crippen LogP contribution in [0.3, 0.4) is 0 Å². The summed E-state index contributed by atoms with van der Waals surface area (Å²) >= 11 is 0. The normalized spacial score (nSPS) is 9.54. The van der Waals surface area contributed by atoms with E-state index in [4.69, 9.17) is 29.3 Å². The maximum absolute atomic E-state index is 9.10. The van der Waals surface area contributed by atoms with Crippen LogP contribution in [0.2, 0.25) is 0 Å². The molecule has 0 radical (unpaired) electrons. The van der Waals surface area contributed by atoms with Crippen molar-refractivity contribution >= 4 is 17.6 Å². The van der Waals surface area contributed by atoms with Crippen molar-refractivity contribution in [2.45, 2.75) is 20.4 Å². The highest BCUT2D eigenvalue weighted by Gasteiger charge is 2.05. The van der Waals surface area contributed by atoms with E-state index in [0.717, 1.165) is 29.3 Å². The van der Waals surface area contributed by atoms with Gasteiger partial charge in [-0.1, -0.05) is 12.1 Å². The van der Waals surface area contributed by atoms with Gasteiger partial charge in [-0.15, -0.1) is 0 Å². The van der Waals surface area contributed by atoms with Crippen LogP contribution in [0.15, 0.2) is 36.4 Å². The van der Waals surface area contributed by atoms with Crippen molar-refractivity contribution < 1.29 is 29.3 Å². The van der Waals surface area contributed by atoms with E-state index in [-0.39, 0.29) is 0 Å². The van der Waals surface area contributed by atoms with Gasteiger partial charge in [0.15, 0.2) is 11.5 Å². The third-order valence-corrected chi connectivity index (χ3v) is 3.63. The zero-order chi connectivity index (χ0) is 19.7. The number of rotatable bonds is 5. The Kier molecular flexibility index (Phi) is 7.95. The van der Waals surface area contributed by atoms with Crippen LogP contribution < -0.4 is 14.8 Å². The van der Waals surface area contributed by atoms with E-state index in [9.17, 15) is 0 Å². The lowest BCUT2D eigenvalue weighted by Gasteiger charge is -2.12. The summed E-state index contributed by atoms with van der Waals surface area (Å²) in [5.74, 6) is -2.14. The lowest BCUT2D eigenvalue weighted by Crippen LogP contribution is -2.09. The maximum atomic E-state index is 9.10. The van der Waals surface area contributed by atoms with Crippen molar-refractivity contribution in [3.8, 4) is 11.5 Å². The van der Waals surface area contributed by atoms with Crippen LogP contribution in [0, 0.1) is 13.8 Å². The fourth-order valence-corrected chi connectivity index (χ4v) is 2.05. The Morgan fingerprint density at radius 1 is 0.885 bits per heavy atom. The minimum absolute atomic E-state index is 0.752. The number of ether oxygens (including phenoxy) is 2. The van der Waals surface area contributed by atoms with E-state index in [2.05, 4.69) is 37.4 Å². The fraction of sp³-hybridized carbons (Fsp3) is 0.263. The summed E-state index contributed by atoms with van der Waals surface area (Å²) in [7, 11) is 3.29. The predicted molar refractivity (Wildman–Crippen MR) is 98.1 cm³/mol. The first-order chi connectivity index (χ1) is 12.3. The Morgan fingerprint density at radius 2 is 1.50 bits per heavy atom. The number of hydrogen-bond donors (Lipinski definition) is 3. The summed E-state index contributed by atoms with van der Waals surface area (Å²) in [6.45, 7) is 4.99. The molecule has 7 nitrogen and oxygen atoms in total. The van der Waals surface area contributed by atoms with E-state index in [1.165, 1.54) is 11.1 Å². The van der Waals surface area contributed by atoms with E-state index in [1.54, 1.807) is 14.2 Å². The van der Waals surface area contributed by atoms with Gasteiger partial charge >= 0.3 is 11.9 Å². The SMILES string of the molecule is COc1ccc(CNc2ccc(C)c(C)c2)cc1OC.O=C(O)C(=O)O. The van der Waals surface area contributed by atoms with Crippen molar-refractivity contribution in [2.75, 3.05) is 19.5 Å². The number of nitrogens with one attached hydrogen (secondary N) is 1. The zero-order valence-electron chi connectivity index (χ0n) is 15.2. The quantitative estimate of drug-likeness (QED) is 0.703. The molecule has 0 heterocycles. The van der Waals surface area contributed by atoms with Crippen LogP contribution in [0.5, 0.6) is 11.5 Å². The summed E-state index contributed by atoms with van der Waals surface area (Å²) in [6.07, 6.45) is 0. The molecule has 2 aromatic carbocycles. The van der Waals surface area contributed by atoms with Gasteiger partial charge < -0.3 is 25.0 Å². The van der Waals surface area contributed by atoms with Gasteiger partial charge in [-0.3, -0.25) is 0 Å². The van der Waals surface area contributed by atoms with Gasteiger partial charge in [0.1, 0.15) is 0 Å². The molecule has 0 aliphatic carbocycles. The lowest BCUT2D eigenvalue weighted by atomic mass is 10.1. The van der Waals surface area contributed by atoms with E-state index >= 15 is 0 Å². The first kappa shape index (κ1) is 20.8. The van der Waals surface area contributed by atoms with Gasteiger partial charge in [0.25, 0.3) is 0 Å². The Bertz CT molecular complexity index is 761. The molecule has 0 spiro atoms. The number of methoxy groups -OCH3 is 2. The van der Waals surface area contributed by atoms with Crippen LogP contribution in [0.4, 0.5) is 5.69 Å². The van der Waals surface area contributed by atoms with E-state index < -0.39 is 11.9 Å². The molecule has 0 aliphatic heterocycles. The molecular weight excluding hydrogens is 338 g/mol. The molecule has 26 heavy (non-hydrogen) atoms. The summed E-state index contributed by atoms with van der Waals surface area (Å²) in [5, 5.41) is 18.2. The van der Waals surface area contributed by atoms with E-state index in [1.807, 2.05) is 18.2 Å². The molecule has 140 valence electrons. The van der Waals surface area contributed by atoms with Crippen LogP contribution in [0.1, 0.15) is 16.7 Å². The van der Waals surface area contributed by atoms with E-state index in [0.29, 0.717) is 0 Å². The molecule has 2 rings (SSSR count). The van der Waals surface area contributed by atoms with Crippen molar-refractivity contribution in [3.05, 3.63) is 53.1 Å². The second-order valence-corrected chi connectivity index (χ2v) is 5.45. The highest BCUT2D eigenvalue weighted by Crippen LogP contribution is 2.27. The van der Waals surface area contributed by atoms with Gasteiger partial charge in [-0.05, 0) is 54.8 Å². The summed E-state index contributed by atoms with van der Waals surface area (Å²) in [4.78, 5) is 18.2. The predicted octanol–water partition coefficient (Wildman–Crippen LogP) is 3.09. The molecule has 0 fully saturated rings. The van der Waals surface area contributed by atoms with Crippen LogP contribution in [0.25, 0.3) is 0 Å². The van der Waals surface area contributed by atoms with Gasteiger partial charge in [0, 0.05) is 12.2 Å². The third kappa shape index (κ3) is 6.35. The summed E-state index contributed by atoms with van der Waals surface area (Å²) in [6, 6.07) is 12.4. The highest BCUT2D eigenvalue weighted by atomic mass is 16.5. The topological polar surface area (TPSA) is 105 Å². The first-order valence-corrected chi connectivity index (χ1v) is 7.76. The van der Waals surface area contributed by atoms with Gasteiger partial charge in [-0.25, -0.2) is 9.59 Å². The number of aryl methyl sites for hydroxylation is 2. The molecule has 2 aromatic rings. The van der Waals surface area contributed by atoms with Gasteiger partial charge in [0.2, 0.25) is 0 Å². The third-order valence-electron chi connectivity index (χ3n) is 3.63. The molecule has 0 unspecified atom stereocenters. The van der Waals surface area contributed by atoms with Crippen LogP contribution in [-0.2, 0) is 16.1 Å². The summed E-state index contributed by atoms with van der Waals surface area (Å²) < 4.78 is 10.5. The van der Waals surface area contributed by atoms with Crippen molar-refractivity contribution in [2.24, 2.45) is 0 Å².